The monoisotopic (exact) mass is 248 g/mol. The minimum Gasteiger partial charge on any atom is -0.403 e. The van der Waals surface area contributed by atoms with Crippen molar-refractivity contribution < 1.29 is 35.5 Å². The fourth-order valence-electron chi connectivity index (χ4n) is 0.883. The van der Waals surface area contributed by atoms with Crippen LogP contribution >= 0.6 is 0 Å². The number of halogens is 7. The Hall–Kier alpha value is -1.47. The number of benzene rings is 1. The molecule has 0 saturated heterocycles. The van der Waals surface area contributed by atoms with Gasteiger partial charge in [-0.3, -0.25) is 0 Å². The van der Waals surface area contributed by atoms with Crippen LogP contribution in [0, 0.1) is 5.82 Å². The summed E-state index contributed by atoms with van der Waals surface area (Å²) in [6.07, 6.45) is -10.1. The Kier molecular flexibility index (Phi) is 3.02. The van der Waals surface area contributed by atoms with Gasteiger partial charge >= 0.3 is 12.5 Å². The molecule has 1 aromatic rings. The number of hydrogen-bond donors (Lipinski definition) is 0. The predicted octanol–water partition coefficient (Wildman–Crippen LogP) is 3.74. The van der Waals surface area contributed by atoms with Gasteiger partial charge in [0.1, 0.15) is 0 Å². The normalized spacial score (nSPS) is 12.7. The third-order valence-electron chi connectivity index (χ3n) is 1.48. The highest BCUT2D eigenvalue weighted by molar-refractivity contribution is 5.32. The lowest BCUT2D eigenvalue weighted by atomic mass is 10.2. The number of hydrogen-bond acceptors (Lipinski definition) is 1. The molecule has 16 heavy (non-hydrogen) atoms. The molecule has 0 aliphatic heterocycles. The van der Waals surface area contributed by atoms with E-state index in [0.29, 0.717) is 6.07 Å². The molecule has 1 nitrogen and oxygen atoms in total. The molecule has 0 bridgehead atoms. The maximum absolute atomic E-state index is 12.7. The van der Waals surface area contributed by atoms with Gasteiger partial charge in [0, 0.05) is 0 Å². The standard InChI is InChI=1S/C8H3F7O/c9-5-2-1-4(7(10,11)12)3-6(5)16-8(13,14)15/h1-3H. The largest absolute Gasteiger partial charge is 0.573 e. The van der Waals surface area contributed by atoms with Gasteiger partial charge in [0.05, 0.1) is 5.56 Å². The molecular weight excluding hydrogens is 245 g/mol. The molecule has 1 aromatic carbocycles. The zero-order valence-corrected chi connectivity index (χ0v) is 7.29. The molecule has 0 amide bonds. The highest BCUT2D eigenvalue weighted by Crippen LogP contribution is 2.34. The van der Waals surface area contributed by atoms with Gasteiger partial charge < -0.3 is 4.74 Å². The molecule has 0 unspecified atom stereocenters. The van der Waals surface area contributed by atoms with E-state index in [2.05, 4.69) is 4.74 Å². The van der Waals surface area contributed by atoms with Crippen molar-refractivity contribution in [2.75, 3.05) is 0 Å². The fourth-order valence-corrected chi connectivity index (χ4v) is 0.883. The molecule has 1 rings (SSSR count). The van der Waals surface area contributed by atoms with Crippen LogP contribution in [0.2, 0.25) is 0 Å². The van der Waals surface area contributed by atoms with E-state index in [1.807, 2.05) is 0 Å². The van der Waals surface area contributed by atoms with E-state index in [1.165, 1.54) is 0 Å². The molecule has 0 fully saturated rings. The van der Waals surface area contributed by atoms with Crippen molar-refractivity contribution in [1.82, 2.24) is 0 Å². The molecular formula is C8H3F7O. The first-order chi connectivity index (χ1) is 7.09. The summed E-state index contributed by atoms with van der Waals surface area (Å²) < 4.78 is 87.0. The lowest BCUT2D eigenvalue weighted by Gasteiger charge is -2.12. The summed E-state index contributed by atoms with van der Waals surface area (Å²) in [7, 11) is 0. The third-order valence-corrected chi connectivity index (χ3v) is 1.48. The molecule has 0 saturated carbocycles. The van der Waals surface area contributed by atoms with Gasteiger partial charge in [-0.25, -0.2) is 4.39 Å². The Morgan fingerprint density at radius 3 is 1.94 bits per heavy atom. The SMILES string of the molecule is Fc1ccc(C(F)(F)F)cc1OC(F)(F)F. The molecule has 0 atom stereocenters. The average Bonchev–Trinajstić information content (AvgIpc) is 2.04. The van der Waals surface area contributed by atoms with Crippen molar-refractivity contribution in [3.63, 3.8) is 0 Å². The van der Waals surface area contributed by atoms with Crippen LogP contribution in [0.25, 0.3) is 0 Å². The van der Waals surface area contributed by atoms with Crippen molar-refractivity contribution in [3.8, 4) is 5.75 Å². The summed E-state index contributed by atoms with van der Waals surface area (Å²) in [5.41, 5.74) is -1.42. The van der Waals surface area contributed by atoms with Crippen molar-refractivity contribution in [1.29, 1.82) is 0 Å². The second kappa shape index (κ2) is 3.84. The zero-order chi connectivity index (χ0) is 12.6. The predicted molar refractivity (Wildman–Crippen MR) is 38.1 cm³/mol. The third kappa shape index (κ3) is 3.28. The lowest BCUT2D eigenvalue weighted by molar-refractivity contribution is -0.275. The smallest absolute Gasteiger partial charge is 0.403 e. The van der Waals surface area contributed by atoms with Crippen molar-refractivity contribution in [3.05, 3.63) is 29.6 Å². The van der Waals surface area contributed by atoms with E-state index in [1.54, 1.807) is 0 Å². The quantitative estimate of drug-likeness (QED) is 0.688. The maximum Gasteiger partial charge on any atom is 0.573 e. The van der Waals surface area contributed by atoms with Gasteiger partial charge in [-0.15, -0.1) is 13.2 Å². The molecule has 0 radical (unpaired) electrons. The Labute approximate surface area is 84.4 Å². The summed E-state index contributed by atoms with van der Waals surface area (Å²) in [6, 6.07) is 0.519. The number of rotatable bonds is 1. The number of ether oxygens (including phenoxy) is 1. The van der Waals surface area contributed by atoms with Crippen molar-refractivity contribution >= 4 is 0 Å². The van der Waals surface area contributed by atoms with Gasteiger partial charge in [0.2, 0.25) is 0 Å². The van der Waals surface area contributed by atoms with Gasteiger partial charge in [0.25, 0.3) is 0 Å². The van der Waals surface area contributed by atoms with E-state index in [-0.39, 0.29) is 12.1 Å². The molecule has 0 N–H and O–H groups in total. The summed E-state index contributed by atoms with van der Waals surface area (Å²) in [4.78, 5) is 0. The van der Waals surface area contributed by atoms with Crippen LogP contribution in [0.3, 0.4) is 0 Å². The summed E-state index contributed by atoms with van der Waals surface area (Å²) in [5.74, 6) is -3.03. The summed E-state index contributed by atoms with van der Waals surface area (Å²) in [6.45, 7) is 0. The van der Waals surface area contributed by atoms with Gasteiger partial charge in [-0.1, -0.05) is 0 Å². The van der Waals surface area contributed by atoms with Gasteiger partial charge in [-0.2, -0.15) is 13.2 Å². The second-order valence-corrected chi connectivity index (χ2v) is 2.69. The van der Waals surface area contributed by atoms with Crippen LogP contribution in [0.1, 0.15) is 5.56 Å². The van der Waals surface area contributed by atoms with Gasteiger partial charge in [-0.05, 0) is 18.2 Å². The minimum absolute atomic E-state index is 0.0528. The average molecular weight is 248 g/mol. The topological polar surface area (TPSA) is 9.23 Å². The molecule has 0 aromatic heterocycles. The number of alkyl halides is 6. The first-order valence-corrected chi connectivity index (χ1v) is 3.72. The van der Waals surface area contributed by atoms with E-state index in [0.717, 1.165) is 0 Å². The first-order valence-electron chi connectivity index (χ1n) is 3.72. The summed E-state index contributed by atoms with van der Waals surface area (Å²) in [5, 5.41) is 0. The van der Waals surface area contributed by atoms with E-state index >= 15 is 0 Å². The van der Waals surface area contributed by atoms with Crippen molar-refractivity contribution in [2.45, 2.75) is 12.5 Å². The zero-order valence-electron chi connectivity index (χ0n) is 7.29. The fraction of sp³-hybridized carbons (Fsp3) is 0.250. The van der Waals surface area contributed by atoms with E-state index in [9.17, 15) is 30.7 Å². The lowest BCUT2D eigenvalue weighted by Crippen LogP contribution is -2.18. The molecule has 0 aliphatic rings. The Balaban J connectivity index is 3.10. The Morgan fingerprint density at radius 2 is 1.50 bits per heavy atom. The van der Waals surface area contributed by atoms with Crippen LogP contribution in [-0.2, 0) is 6.18 Å². The molecule has 0 aliphatic carbocycles. The van der Waals surface area contributed by atoms with E-state index in [4.69, 9.17) is 0 Å². The molecule has 0 spiro atoms. The van der Waals surface area contributed by atoms with Crippen LogP contribution in [0.4, 0.5) is 30.7 Å². The molecule has 0 heterocycles. The first kappa shape index (κ1) is 12.6. The highest BCUT2D eigenvalue weighted by atomic mass is 19.4. The minimum atomic E-state index is -5.24. The van der Waals surface area contributed by atoms with Crippen molar-refractivity contribution in [2.24, 2.45) is 0 Å². The van der Waals surface area contributed by atoms with Crippen LogP contribution in [0.15, 0.2) is 18.2 Å². The molecule has 8 heteroatoms. The van der Waals surface area contributed by atoms with E-state index < -0.39 is 29.7 Å². The summed E-state index contributed by atoms with van der Waals surface area (Å²) >= 11 is 0. The van der Waals surface area contributed by atoms with Crippen LogP contribution in [0.5, 0.6) is 5.75 Å². The van der Waals surface area contributed by atoms with Crippen LogP contribution in [-0.4, -0.2) is 6.36 Å². The van der Waals surface area contributed by atoms with Crippen LogP contribution < -0.4 is 4.74 Å². The maximum atomic E-state index is 12.7. The highest BCUT2D eigenvalue weighted by Gasteiger charge is 2.35. The second-order valence-electron chi connectivity index (χ2n) is 2.69. The molecule has 90 valence electrons. The Morgan fingerprint density at radius 1 is 0.938 bits per heavy atom. The van der Waals surface area contributed by atoms with Gasteiger partial charge in [0.15, 0.2) is 11.6 Å². The Bertz CT molecular complexity index is 379.